The van der Waals surface area contributed by atoms with E-state index in [-0.39, 0.29) is 5.57 Å². The molecule has 3 nitrogen and oxygen atoms in total. The Kier molecular flexibility index (Phi) is 3.11. The highest BCUT2D eigenvalue weighted by atomic mass is 16.3. The lowest BCUT2D eigenvalue weighted by molar-refractivity contribution is 0.557. The van der Waals surface area contributed by atoms with Crippen molar-refractivity contribution in [3.8, 4) is 12.1 Å². The standard InChI is InChI=1S/C10H6N2O/c11-7-9(8-12)3-1-4-10-5-2-6-13-10/h1-6H/b4-1+. The number of hydrogen-bond acceptors (Lipinski definition) is 3. The van der Waals surface area contributed by atoms with E-state index in [0.717, 1.165) is 0 Å². The van der Waals surface area contributed by atoms with E-state index >= 15 is 0 Å². The molecule has 0 aliphatic rings. The fraction of sp³-hybridized carbons (Fsp3) is 0. The van der Waals surface area contributed by atoms with Crippen LogP contribution in [0.4, 0.5) is 0 Å². The zero-order chi connectivity index (χ0) is 9.52. The Morgan fingerprint density at radius 2 is 2.15 bits per heavy atom. The quantitative estimate of drug-likeness (QED) is 0.505. The van der Waals surface area contributed by atoms with Crippen LogP contribution in [0.2, 0.25) is 0 Å². The molecule has 0 atom stereocenters. The zero-order valence-electron chi connectivity index (χ0n) is 6.77. The van der Waals surface area contributed by atoms with Gasteiger partial charge in [-0.1, -0.05) is 6.08 Å². The lowest BCUT2D eigenvalue weighted by atomic mass is 10.3. The lowest BCUT2D eigenvalue weighted by Crippen LogP contribution is -1.67. The van der Waals surface area contributed by atoms with Gasteiger partial charge in [0.15, 0.2) is 0 Å². The van der Waals surface area contributed by atoms with E-state index in [4.69, 9.17) is 14.9 Å². The number of nitrogens with zero attached hydrogens (tertiary/aromatic N) is 2. The third-order valence-corrected chi connectivity index (χ3v) is 1.31. The maximum absolute atomic E-state index is 8.39. The SMILES string of the molecule is N#CC(C#N)=C/C=C/c1ccco1. The van der Waals surface area contributed by atoms with Crippen LogP contribution >= 0.6 is 0 Å². The minimum absolute atomic E-state index is 0.0720. The van der Waals surface area contributed by atoms with Gasteiger partial charge in [-0.25, -0.2) is 0 Å². The van der Waals surface area contributed by atoms with Crippen molar-refractivity contribution >= 4 is 6.08 Å². The van der Waals surface area contributed by atoms with Gasteiger partial charge in [0.25, 0.3) is 0 Å². The first-order valence-corrected chi connectivity index (χ1v) is 3.59. The van der Waals surface area contributed by atoms with Crippen LogP contribution in [0, 0.1) is 22.7 Å². The first-order chi connectivity index (χ1) is 6.36. The van der Waals surface area contributed by atoms with Crippen molar-refractivity contribution < 1.29 is 4.42 Å². The number of nitriles is 2. The van der Waals surface area contributed by atoms with Crippen molar-refractivity contribution in [3.63, 3.8) is 0 Å². The van der Waals surface area contributed by atoms with Crippen LogP contribution in [-0.4, -0.2) is 0 Å². The number of rotatable bonds is 2. The summed E-state index contributed by atoms with van der Waals surface area (Å²) in [6, 6.07) is 7.04. The van der Waals surface area contributed by atoms with Crippen LogP contribution in [-0.2, 0) is 0 Å². The number of hydrogen-bond donors (Lipinski definition) is 0. The zero-order valence-corrected chi connectivity index (χ0v) is 6.77. The fourth-order valence-corrected chi connectivity index (χ4v) is 0.725. The smallest absolute Gasteiger partial charge is 0.129 e. The van der Waals surface area contributed by atoms with Crippen LogP contribution in [0.15, 0.2) is 40.5 Å². The summed E-state index contributed by atoms with van der Waals surface area (Å²) in [6.45, 7) is 0. The van der Waals surface area contributed by atoms with Gasteiger partial charge < -0.3 is 4.42 Å². The summed E-state index contributed by atoms with van der Waals surface area (Å²) in [5.74, 6) is 0.687. The van der Waals surface area contributed by atoms with Gasteiger partial charge in [-0.15, -0.1) is 0 Å². The molecule has 3 heteroatoms. The van der Waals surface area contributed by atoms with E-state index in [2.05, 4.69) is 0 Å². The molecule has 1 rings (SSSR count). The largest absolute Gasteiger partial charge is 0.465 e. The van der Waals surface area contributed by atoms with E-state index in [9.17, 15) is 0 Å². The van der Waals surface area contributed by atoms with Crippen molar-refractivity contribution in [2.75, 3.05) is 0 Å². The lowest BCUT2D eigenvalue weighted by Gasteiger charge is -1.79. The summed E-state index contributed by atoms with van der Waals surface area (Å²) in [7, 11) is 0. The molecule has 0 amide bonds. The van der Waals surface area contributed by atoms with Gasteiger partial charge in [0, 0.05) is 0 Å². The highest BCUT2D eigenvalue weighted by molar-refractivity contribution is 5.48. The summed E-state index contributed by atoms with van der Waals surface area (Å²) in [4.78, 5) is 0. The van der Waals surface area contributed by atoms with Crippen molar-refractivity contribution in [1.82, 2.24) is 0 Å². The second kappa shape index (κ2) is 4.58. The predicted octanol–water partition coefficient (Wildman–Crippen LogP) is 2.27. The van der Waals surface area contributed by atoms with E-state index in [1.807, 2.05) is 0 Å². The molecule has 0 unspecified atom stereocenters. The topological polar surface area (TPSA) is 60.7 Å². The molecule has 0 aliphatic carbocycles. The van der Waals surface area contributed by atoms with Gasteiger partial charge >= 0.3 is 0 Å². The molecule has 0 saturated heterocycles. The van der Waals surface area contributed by atoms with E-state index in [0.29, 0.717) is 5.76 Å². The fourth-order valence-electron chi connectivity index (χ4n) is 0.725. The van der Waals surface area contributed by atoms with Crippen LogP contribution in [0.1, 0.15) is 5.76 Å². The van der Waals surface area contributed by atoms with Gasteiger partial charge in [-0.05, 0) is 24.3 Å². The average molecular weight is 170 g/mol. The maximum Gasteiger partial charge on any atom is 0.129 e. The molecule has 1 heterocycles. The Balaban J connectivity index is 2.67. The van der Waals surface area contributed by atoms with Crippen molar-refractivity contribution in [3.05, 3.63) is 41.9 Å². The molecule has 0 spiro atoms. The van der Waals surface area contributed by atoms with Crippen LogP contribution in [0.5, 0.6) is 0 Å². The summed E-state index contributed by atoms with van der Waals surface area (Å²) in [5, 5.41) is 16.8. The predicted molar refractivity (Wildman–Crippen MR) is 47.1 cm³/mol. The van der Waals surface area contributed by atoms with Gasteiger partial charge in [0.2, 0.25) is 0 Å². The molecule has 62 valence electrons. The van der Waals surface area contributed by atoms with Crippen LogP contribution in [0.25, 0.3) is 6.08 Å². The van der Waals surface area contributed by atoms with Gasteiger partial charge in [0.1, 0.15) is 23.5 Å². The molecule has 0 fully saturated rings. The van der Waals surface area contributed by atoms with E-state index in [1.165, 1.54) is 6.08 Å². The Morgan fingerprint density at radius 1 is 1.38 bits per heavy atom. The molecule has 0 N–H and O–H groups in total. The van der Waals surface area contributed by atoms with Gasteiger partial charge in [0.05, 0.1) is 6.26 Å². The molecule has 1 aromatic rings. The van der Waals surface area contributed by atoms with E-state index in [1.54, 1.807) is 42.7 Å². The second-order valence-corrected chi connectivity index (χ2v) is 2.18. The van der Waals surface area contributed by atoms with Crippen molar-refractivity contribution in [1.29, 1.82) is 10.5 Å². The molecular formula is C10H6N2O. The molecule has 0 bridgehead atoms. The summed E-state index contributed by atoms with van der Waals surface area (Å²) >= 11 is 0. The molecule has 0 radical (unpaired) electrons. The monoisotopic (exact) mass is 170 g/mol. The molecule has 0 saturated carbocycles. The first kappa shape index (κ1) is 8.83. The summed E-state index contributed by atoms with van der Waals surface area (Å²) < 4.78 is 5.00. The van der Waals surface area contributed by atoms with Gasteiger partial charge in [-0.3, -0.25) is 0 Å². The Labute approximate surface area is 75.8 Å². The second-order valence-electron chi connectivity index (χ2n) is 2.18. The van der Waals surface area contributed by atoms with Gasteiger partial charge in [-0.2, -0.15) is 10.5 Å². The number of furan rings is 1. The van der Waals surface area contributed by atoms with Crippen molar-refractivity contribution in [2.24, 2.45) is 0 Å². The first-order valence-electron chi connectivity index (χ1n) is 3.59. The Bertz CT molecular complexity index is 383. The normalized spacial score (nSPS) is 9.08. The van der Waals surface area contributed by atoms with Crippen molar-refractivity contribution in [2.45, 2.75) is 0 Å². The average Bonchev–Trinajstić information content (AvgIpc) is 2.65. The maximum atomic E-state index is 8.39. The highest BCUT2D eigenvalue weighted by Gasteiger charge is 1.88. The molecule has 1 aromatic heterocycles. The molecule has 0 aliphatic heterocycles. The third-order valence-electron chi connectivity index (χ3n) is 1.31. The molecular weight excluding hydrogens is 164 g/mol. The van der Waals surface area contributed by atoms with Crippen LogP contribution in [0.3, 0.4) is 0 Å². The minimum Gasteiger partial charge on any atom is -0.465 e. The minimum atomic E-state index is 0.0720. The summed E-state index contributed by atoms with van der Waals surface area (Å²) in [5.41, 5.74) is 0.0720. The van der Waals surface area contributed by atoms with Crippen LogP contribution < -0.4 is 0 Å². The Hall–Kier alpha value is -2.26. The third kappa shape index (κ3) is 2.69. The van der Waals surface area contributed by atoms with E-state index < -0.39 is 0 Å². The highest BCUT2D eigenvalue weighted by Crippen LogP contribution is 2.02. The Morgan fingerprint density at radius 3 is 2.69 bits per heavy atom. The summed E-state index contributed by atoms with van der Waals surface area (Å²) in [6.07, 6.45) is 6.26. The number of allylic oxidation sites excluding steroid dienone is 3. The molecule has 13 heavy (non-hydrogen) atoms. The molecule has 0 aromatic carbocycles.